The van der Waals surface area contributed by atoms with Gasteiger partial charge in [-0.15, -0.1) is 0 Å². The van der Waals surface area contributed by atoms with E-state index in [0.29, 0.717) is 35.7 Å². The summed E-state index contributed by atoms with van der Waals surface area (Å²) < 4.78 is 11.2. The van der Waals surface area contributed by atoms with Crippen LogP contribution in [0.5, 0.6) is 23.0 Å². The van der Waals surface area contributed by atoms with Crippen LogP contribution < -0.4 is 9.47 Å². The van der Waals surface area contributed by atoms with Crippen LogP contribution in [0.4, 0.5) is 0 Å². The topological polar surface area (TPSA) is 96.2 Å². The lowest BCUT2D eigenvalue weighted by molar-refractivity contribution is -0.134. The van der Waals surface area contributed by atoms with Crippen LogP contribution in [-0.2, 0) is 4.79 Å². The number of aliphatic hydroxyl groups excluding tert-OH is 1. The Labute approximate surface area is 209 Å². The smallest absolute Gasteiger partial charge is 0.311 e. The number of hydrogen-bond acceptors (Lipinski definition) is 6. The fourth-order valence-electron chi connectivity index (χ4n) is 3.84. The lowest BCUT2D eigenvalue weighted by Gasteiger charge is -2.15. The molecule has 0 aliphatic carbocycles. The molecule has 6 heteroatoms. The van der Waals surface area contributed by atoms with E-state index in [2.05, 4.69) is 6.92 Å². The molecule has 0 radical (unpaired) electrons. The summed E-state index contributed by atoms with van der Waals surface area (Å²) in [4.78, 5) is 12.3. The van der Waals surface area contributed by atoms with Crippen molar-refractivity contribution in [3.05, 3.63) is 53.6 Å². The number of phenols is 2. The Bertz CT molecular complexity index is 937. The maximum absolute atomic E-state index is 12.3. The van der Waals surface area contributed by atoms with Crippen LogP contribution in [-0.4, -0.2) is 27.9 Å². The molecule has 3 N–H and O–H groups in total. The van der Waals surface area contributed by atoms with Crippen molar-refractivity contribution in [2.45, 2.75) is 84.2 Å². The Hall–Kier alpha value is -2.99. The van der Waals surface area contributed by atoms with Crippen molar-refractivity contribution >= 4 is 12.0 Å². The first-order valence-corrected chi connectivity index (χ1v) is 12.8. The van der Waals surface area contributed by atoms with E-state index in [1.165, 1.54) is 56.7 Å². The van der Waals surface area contributed by atoms with Crippen LogP contribution in [0.25, 0.3) is 6.08 Å². The molecule has 1 atom stereocenters. The molecule has 0 aromatic heterocycles. The SMILES string of the molecule is CCCCCCCCCCCC(=O)Oc1ccc(C(O)C=Cc2ccc(O)cc2O)c(OCC)c1. The van der Waals surface area contributed by atoms with Crippen molar-refractivity contribution < 1.29 is 29.6 Å². The molecule has 0 fully saturated rings. The van der Waals surface area contributed by atoms with Crippen LogP contribution in [0.1, 0.15) is 95.3 Å². The Morgan fingerprint density at radius 1 is 0.914 bits per heavy atom. The third kappa shape index (κ3) is 10.4. The van der Waals surface area contributed by atoms with Crippen molar-refractivity contribution in [3.8, 4) is 23.0 Å². The lowest BCUT2D eigenvalue weighted by atomic mass is 10.1. The monoisotopic (exact) mass is 484 g/mol. The molecule has 6 nitrogen and oxygen atoms in total. The number of carbonyl (C=O) groups is 1. The van der Waals surface area contributed by atoms with Gasteiger partial charge >= 0.3 is 5.97 Å². The quantitative estimate of drug-likeness (QED) is 0.134. The molecule has 2 rings (SSSR count). The number of esters is 1. The molecular formula is C29H40O6. The first-order valence-electron chi connectivity index (χ1n) is 12.8. The Morgan fingerprint density at radius 3 is 2.26 bits per heavy atom. The van der Waals surface area contributed by atoms with Crippen molar-refractivity contribution in [3.63, 3.8) is 0 Å². The average molecular weight is 485 g/mol. The zero-order chi connectivity index (χ0) is 25.5. The first kappa shape index (κ1) is 28.2. The predicted octanol–water partition coefficient (Wildman–Crippen LogP) is 7.07. The van der Waals surface area contributed by atoms with Gasteiger partial charge in [0.2, 0.25) is 0 Å². The number of rotatable bonds is 16. The van der Waals surface area contributed by atoms with Crippen molar-refractivity contribution in [1.82, 2.24) is 0 Å². The normalized spacial score (nSPS) is 12.1. The Balaban J connectivity index is 1.87. The fourth-order valence-corrected chi connectivity index (χ4v) is 3.84. The molecule has 0 spiro atoms. The minimum atomic E-state index is -1.00. The molecule has 35 heavy (non-hydrogen) atoms. The summed E-state index contributed by atoms with van der Waals surface area (Å²) in [5, 5.41) is 30.0. The zero-order valence-corrected chi connectivity index (χ0v) is 21.0. The van der Waals surface area contributed by atoms with Crippen molar-refractivity contribution in [2.75, 3.05) is 6.61 Å². The van der Waals surface area contributed by atoms with E-state index in [4.69, 9.17) is 9.47 Å². The zero-order valence-electron chi connectivity index (χ0n) is 21.0. The molecule has 0 saturated carbocycles. The standard InChI is InChI=1S/C29H40O6/c1-3-5-6-7-8-9-10-11-12-13-29(33)35-24-17-18-25(28(21-24)34-4-2)26(31)19-15-22-14-16-23(30)20-27(22)32/h14-21,26,30-32H,3-13H2,1-2H3. The molecule has 192 valence electrons. The second-order valence-electron chi connectivity index (χ2n) is 8.73. The first-order chi connectivity index (χ1) is 16.9. The van der Waals surface area contributed by atoms with Gasteiger partial charge in [-0.25, -0.2) is 0 Å². The van der Waals surface area contributed by atoms with E-state index < -0.39 is 6.10 Å². The van der Waals surface area contributed by atoms with E-state index >= 15 is 0 Å². The van der Waals surface area contributed by atoms with Gasteiger partial charge in [-0.05, 0) is 37.6 Å². The lowest BCUT2D eigenvalue weighted by Crippen LogP contribution is -2.08. The van der Waals surface area contributed by atoms with Gasteiger partial charge in [-0.2, -0.15) is 0 Å². The molecule has 2 aromatic carbocycles. The van der Waals surface area contributed by atoms with E-state index in [0.717, 1.165) is 19.3 Å². The number of hydrogen-bond donors (Lipinski definition) is 3. The Morgan fingerprint density at radius 2 is 1.60 bits per heavy atom. The molecule has 0 bridgehead atoms. The van der Waals surface area contributed by atoms with Gasteiger partial charge in [-0.3, -0.25) is 4.79 Å². The summed E-state index contributed by atoms with van der Waals surface area (Å²) >= 11 is 0. The summed E-state index contributed by atoms with van der Waals surface area (Å²) in [6.07, 6.45) is 13.1. The van der Waals surface area contributed by atoms with E-state index in [1.54, 1.807) is 30.3 Å². The number of phenolic OH excluding ortho intramolecular Hbond substituents is 2. The number of carbonyl (C=O) groups excluding carboxylic acids is 1. The molecular weight excluding hydrogens is 444 g/mol. The summed E-state index contributed by atoms with van der Waals surface area (Å²) in [6.45, 7) is 4.45. The molecule has 0 aliphatic heterocycles. The molecule has 0 aliphatic rings. The number of aliphatic hydroxyl groups is 1. The highest BCUT2D eigenvalue weighted by Crippen LogP contribution is 2.32. The van der Waals surface area contributed by atoms with E-state index in [1.807, 2.05) is 6.92 Å². The second kappa shape index (κ2) is 15.8. The number of unbranched alkanes of at least 4 members (excludes halogenated alkanes) is 8. The van der Waals surface area contributed by atoms with Gasteiger partial charge in [0.05, 0.1) is 6.61 Å². The minimum absolute atomic E-state index is 0.0400. The molecule has 0 heterocycles. The minimum Gasteiger partial charge on any atom is -0.508 e. The molecule has 1 unspecified atom stereocenters. The highest BCUT2D eigenvalue weighted by Gasteiger charge is 2.14. The van der Waals surface area contributed by atoms with Crippen LogP contribution in [0.2, 0.25) is 0 Å². The summed E-state index contributed by atoms with van der Waals surface area (Å²) in [7, 11) is 0. The highest BCUT2D eigenvalue weighted by molar-refractivity contribution is 5.72. The fraction of sp³-hybridized carbons (Fsp3) is 0.483. The van der Waals surface area contributed by atoms with Gasteiger partial charge in [0, 0.05) is 29.7 Å². The van der Waals surface area contributed by atoms with Gasteiger partial charge in [0.15, 0.2) is 0 Å². The van der Waals surface area contributed by atoms with Crippen molar-refractivity contribution in [1.29, 1.82) is 0 Å². The molecule has 0 saturated heterocycles. The average Bonchev–Trinajstić information content (AvgIpc) is 2.82. The summed E-state index contributed by atoms with van der Waals surface area (Å²) in [5.74, 6) is 0.402. The Kier molecular flexibility index (Phi) is 12.8. The predicted molar refractivity (Wildman–Crippen MR) is 139 cm³/mol. The van der Waals surface area contributed by atoms with Crippen LogP contribution in [0, 0.1) is 0 Å². The largest absolute Gasteiger partial charge is 0.508 e. The van der Waals surface area contributed by atoms with Gasteiger partial charge in [0.1, 0.15) is 29.1 Å². The number of aromatic hydroxyl groups is 2. The van der Waals surface area contributed by atoms with Crippen LogP contribution in [0.15, 0.2) is 42.5 Å². The maximum atomic E-state index is 12.3. The summed E-state index contributed by atoms with van der Waals surface area (Å²) in [6, 6.07) is 9.15. The van der Waals surface area contributed by atoms with Crippen LogP contribution >= 0.6 is 0 Å². The van der Waals surface area contributed by atoms with E-state index in [9.17, 15) is 20.1 Å². The van der Waals surface area contributed by atoms with Gasteiger partial charge in [0.25, 0.3) is 0 Å². The van der Waals surface area contributed by atoms with Crippen molar-refractivity contribution in [2.24, 2.45) is 0 Å². The van der Waals surface area contributed by atoms with Crippen LogP contribution in [0.3, 0.4) is 0 Å². The second-order valence-corrected chi connectivity index (χ2v) is 8.73. The number of ether oxygens (including phenoxy) is 2. The third-order valence-corrected chi connectivity index (χ3v) is 5.79. The third-order valence-electron chi connectivity index (χ3n) is 5.79. The van der Waals surface area contributed by atoms with Gasteiger partial charge in [-0.1, -0.05) is 70.4 Å². The number of benzene rings is 2. The molecule has 0 amide bonds. The highest BCUT2D eigenvalue weighted by atomic mass is 16.5. The maximum Gasteiger partial charge on any atom is 0.311 e. The van der Waals surface area contributed by atoms with Gasteiger partial charge < -0.3 is 24.8 Å². The summed E-state index contributed by atoms with van der Waals surface area (Å²) in [5.41, 5.74) is 0.974. The van der Waals surface area contributed by atoms with E-state index in [-0.39, 0.29) is 17.5 Å². The molecule has 2 aromatic rings.